The van der Waals surface area contributed by atoms with E-state index < -0.39 is 0 Å². The summed E-state index contributed by atoms with van der Waals surface area (Å²) in [5.74, 6) is 0. The molecule has 8 aromatic carbocycles. The Morgan fingerprint density at radius 3 is 1.74 bits per heavy atom. The molecule has 4 nitrogen and oxygen atoms in total. The van der Waals surface area contributed by atoms with Crippen LogP contribution in [-0.2, 0) is 0 Å². The summed E-state index contributed by atoms with van der Waals surface area (Å²) >= 11 is 0. The fraction of sp³-hybridized carbons (Fsp3) is 0. The summed E-state index contributed by atoms with van der Waals surface area (Å²) in [5.41, 5.74) is 10.6. The summed E-state index contributed by atoms with van der Waals surface area (Å²) in [6, 6.07) is 57.5. The van der Waals surface area contributed by atoms with Crippen LogP contribution in [0.3, 0.4) is 0 Å². The summed E-state index contributed by atoms with van der Waals surface area (Å²) in [6.07, 6.45) is 0. The molecule has 3 aromatic heterocycles. The van der Waals surface area contributed by atoms with Gasteiger partial charge in [-0.25, -0.2) is 9.97 Å². The van der Waals surface area contributed by atoms with E-state index in [9.17, 15) is 0 Å². The van der Waals surface area contributed by atoms with Crippen LogP contribution >= 0.6 is 0 Å². The predicted octanol–water partition coefficient (Wildman–Crippen LogP) is 12.3. The average Bonchev–Trinajstić information content (AvgIpc) is 3.75. The average molecular weight is 638 g/mol. The van der Waals surface area contributed by atoms with Crippen molar-refractivity contribution in [1.82, 2.24) is 14.5 Å². The second-order valence-electron chi connectivity index (χ2n) is 12.9. The maximum Gasteiger partial charge on any atom is 0.160 e. The van der Waals surface area contributed by atoms with Crippen LogP contribution in [0.4, 0.5) is 0 Å². The quantitative estimate of drug-likeness (QED) is 0.194. The van der Waals surface area contributed by atoms with E-state index in [1.165, 1.54) is 32.3 Å². The molecule has 3 heterocycles. The van der Waals surface area contributed by atoms with Gasteiger partial charge in [-0.05, 0) is 57.9 Å². The molecule has 4 heteroatoms. The highest BCUT2D eigenvalue weighted by molar-refractivity contribution is 6.37. The summed E-state index contributed by atoms with van der Waals surface area (Å²) < 4.78 is 9.23. The zero-order valence-electron chi connectivity index (χ0n) is 26.8. The minimum absolute atomic E-state index is 0.861. The van der Waals surface area contributed by atoms with Gasteiger partial charge in [0, 0.05) is 38.4 Å². The molecule has 0 amide bonds. The molecule has 232 valence electrons. The van der Waals surface area contributed by atoms with Crippen LogP contribution in [0.2, 0.25) is 0 Å². The number of rotatable bonds is 3. The Balaban J connectivity index is 1.24. The molecule has 50 heavy (non-hydrogen) atoms. The van der Waals surface area contributed by atoms with Crippen molar-refractivity contribution in [2.75, 3.05) is 0 Å². The molecule has 0 spiro atoms. The third kappa shape index (κ3) is 3.81. The number of para-hydroxylation sites is 3. The van der Waals surface area contributed by atoms with Gasteiger partial charge in [-0.15, -0.1) is 0 Å². The van der Waals surface area contributed by atoms with Gasteiger partial charge in [0.05, 0.1) is 33.5 Å². The monoisotopic (exact) mass is 637 g/mol. The first-order chi connectivity index (χ1) is 24.8. The lowest BCUT2D eigenvalue weighted by molar-refractivity contribution is 0.671. The van der Waals surface area contributed by atoms with Crippen LogP contribution in [0, 0.1) is 0 Å². The van der Waals surface area contributed by atoms with Crippen LogP contribution in [0.1, 0.15) is 0 Å². The lowest BCUT2D eigenvalue weighted by Crippen LogP contribution is -1.97. The van der Waals surface area contributed by atoms with E-state index in [1.54, 1.807) is 0 Å². The maximum absolute atomic E-state index is 6.84. The number of fused-ring (bicyclic) bond motifs is 13. The molecule has 0 radical (unpaired) electrons. The molecule has 0 aliphatic rings. The zero-order valence-corrected chi connectivity index (χ0v) is 26.8. The Morgan fingerprint density at radius 2 is 1.00 bits per heavy atom. The van der Waals surface area contributed by atoms with Crippen LogP contribution in [0.5, 0.6) is 0 Å². The lowest BCUT2D eigenvalue weighted by Gasteiger charge is -2.13. The largest absolute Gasteiger partial charge is 0.454 e. The Labute approximate surface area is 286 Å². The van der Waals surface area contributed by atoms with Crippen molar-refractivity contribution in [3.8, 4) is 28.2 Å². The van der Waals surface area contributed by atoms with Crippen molar-refractivity contribution in [2.24, 2.45) is 0 Å². The second-order valence-corrected chi connectivity index (χ2v) is 12.9. The van der Waals surface area contributed by atoms with Crippen LogP contribution < -0.4 is 0 Å². The van der Waals surface area contributed by atoms with E-state index in [2.05, 4.69) is 120 Å². The third-order valence-corrected chi connectivity index (χ3v) is 10.2. The van der Waals surface area contributed by atoms with E-state index in [0.29, 0.717) is 0 Å². The normalized spacial score (nSPS) is 12.0. The van der Waals surface area contributed by atoms with E-state index in [4.69, 9.17) is 14.4 Å². The first-order valence-corrected chi connectivity index (χ1v) is 16.9. The number of benzene rings is 8. The third-order valence-electron chi connectivity index (χ3n) is 10.2. The molecule has 11 aromatic rings. The fourth-order valence-electron chi connectivity index (χ4n) is 7.97. The fourth-order valence-corrected chi connectivity index (χ4v) is 7.97. The molecule has 0 N–H and O–H groups in total. The molecule has 0 atom stereocenters. The number of aromatic nitrogens is 3. The summed E-state index contributed by atoms with van der Waals surface area (Å²) in [4.78, 5) is 10.3. The van der Waals surface area contributed by atoms with E-state index in [1.807, 2.05) is 48.5 Å². The van der Waals surface area contributed by atoms with E-state index in [0.717, 1.165) is 72.2 Å². The Morgan fingerprint density at radius 1 is 0.420 bits per heavy atom. The Kier molecular flexibility index (Phi) is 5.63. The van der Waals surface area contributed by atoms with Gasteiger partial charge in [-0.3, -0.25) is 0 Å². The van der Waals surface area contributed by atoms with Gasteiger partial charge in [0.2, 0.25) is 0 Å². The highest BCUT2D eigenvalue weighted by Crippen LogP contribution is 2.47. The number of hydrogen-bond acceptors (Lipinski definition) is 3. The number of hydrogen-bond donors (Lipinski definition) is 0. The van der Waals surface area contributed by atoms with Crippen LogP contribution in [-0.4, -0.2) is 14.5 Å². The highest BCUT2D eigenvalue weighted by Gasteiger charge is 2.24. The predicted molar refractivity (Wildman–Crippen MR) is 207 cm³/mol. The van der Waals surface area contributed by atoms with Crippen LogP contribution in [0.15, 0.2) is 168 Å². The Bertz CT molecular complexity index is 3140. The van der Waals surface area contributed by atoms with Gasteiger partial charge in [-0.1, -0.05) is 127 Å². The van der Waals surface area contributed by atoms with Crippen molar-refractivity contribution in [2.45, 2.75) is 0 Å². The second kappa shape index (κ2) is 10.4. The smallest absolute Gasteiger partial charge is 0.160 e. The summed E-state index contributed by atoms with van der Waals surface area (Å²) in [7, 11) is 0. The van der Waals surface area contributed by atoms with Gasteiger partial charge >= 0.3 is 0 Å². The summed E-state index contributed by atoms with van der Waals surface area (Å²) in [6.45, 7) is 0. The molecule has 0 saturated heterocycles. The topological polar surface area (TPSA) is 43.9 Å². The first-order valence-electron chi connectivity index (χ1n) is 16.9. The van der Waals surface area contributed by atoms with Crippen molar-refractivity contribution in [3.05, 3.63) is 164 Å². The van der Waals surface area contributed by atoms with E-state index >= 15 is 0 Å². The molecule has 0 bridgehead atoms. The van der Waals surface area contributed by atoms with Gasteiger partial charge in [0.1, 0.15) is 5.58 Å². The molecular formula is C46H27N3O. The van der Waals surface area contributed by atoms with Gasteiger partial charge in [0.15, 0.2) is 5.58 Å². The standard InChI is InChI=1S/C46H27N3O/c1-2-13-29(14-3-1)43-44(48-37-20-10-9-19-36(37)47-43)30-22-25-31(26-23-30)49-38-27-24-28-12-4-5-15-32(28)41(38)42-34-17-7-6-16-33(34)40-35-18-8-11-21-39(35)50-46(40)45(42)49/h1-27H. The molecular weight excluding hydrogens is 611 g/mol. The van der Waals surface area contributed by atoms with Gasteiger partial charge in [-0.2, -0.15) is 0 Å². The first kappa shape index (κ1) is 27.2. The lowest BCUT2D eigenvalue weighted by atomic mass is 9.97. The minimum atomic E-state index is 0.861. The number of furan rings is 1. The molecule has 0 aliphatic heterocycles. The van der Waals surface area contributed by atoms with E-state index in [-0.39, 0.29) is 0 Å². The van der Waals surface area contributed by atoms with Crippen LogP contribution in [0.25, 0.3) is 105 Å². The minimum Gasteiger partial charge on any atom is -0.454 e. The highest BCUT2D eigenvalue weighted by atomic mass is 16.3. The van der Waals surface area contributed by atoms with Crippen molar-refractivity contribution >= 4 is 76.3 Å². The Hall–Kier alpha value is -6.78. The van der Waals surface area contributed by atoms with Crippen molar-refractivity contribution in [1.29, 1.82) is 0 Å². The van der Waals surface area contributed by atoms with Crippen molar-refractivity contribution in [3.63, 3.8) is 0 Å². The SMILES string of the molecule is c1ccc(-c2nc3ccccc3nc2-c2ccc(-n3c4ccc5ccccc5c4c4c5ccccc5c5c6ccccc6oc5c43)cc2)cc1. The maximum atomic E-state index is 6.84. The summed E-state index contributed by atoms with van der Waals surface area (Å²) in [5, 5.41) is 9.56. The number of nitrogens with zero attached hydrogens (tertiary/aromatic N) is 3. The van der Waals surface area contributed by atoms with Gasteiger partial charge < -0.3 is 8.98 Å². The molecule has 11 rings (SSSR count). The molecule has 0 saturated carbocycles. The molecule has 0 fully saturated rings. The van der Waals surface area contributed by atoms with Crippen molar-refractivity contribution < 1.29 is 4.42 Å². The molecule has 0 aliphatic carbocycles. The van der Waals surface area contributed by atoms with Gasteiger partial charge in [0.25, 0.3) is 0 Å². The molecule has 0 unspecified atom stereocenters. The zero-order chi connectivity index (χ0) is 32.8.